The van der Waals surface area contributed by atoms with Gasteiger partial charge < -0.3 is 14.7 Å². The van der Waals surface area contributed by atoms with Crippen molar-refractivity contribution in [3.63, 3.8) is 0 Å². The summed E-state index contributed by atoms with van der Waals surface area (Å²) in [7, 11) is 1.58. The Kier molecular flexibility index (Phi) is 4.97. The number of nitrogens with zero attached hydrogens (tertiary/aromatic N) is 2. The Hall–Kier alpha value is -1.60. The number of hydrogen-bond donors (Lipinski definition) is 1. The number of aliphatic carboxylic acids is 1. The van der Waals surface area contributed by atoms with Crippen LogP contribution in [0, 0.1) is 0 Å². The number of hydrogen-bond acceptors (Lipinski definition) is 5. The summed E-state index contributed by atoms with van der Waals surface area (Å²) in [5.41, 5.74) is 0. The average Bonchev–Trinajstić information content (AvgIpc) is 2.78. The number of carbonyl (C=O) groups is 2. The zero-order valence-corrected chi connectivity index (χ0v) is 12.2. The third kappa shape index (κ3) is 3.71. The normalized spacial score (nSPS) is 16.8. The summed E-state index contributed by atoms with van der Waals surface area (Å²) in [5, 5.41) is 10.6. The highest BCUT2D eigenvalue weighted by molar-refractivity contribution is 7.12. The molecule has 0 unspecified atom stereocenters. The Bertz CT molecular complexity index is 488. The quantitative estimate of drug-likeness (QED) is 0.897. The van der Waals surface area contributed by atoms with Crippen molar-refractivity contribution in [3.05, 3.63) is 16.3 Å². The van der Waals surface area contributed by atoms with Crippen molar-refractivity contribution in [1.82, 2.24) is 9.80 Å². The molecule has 0 aromatic carbocycles. The van der Waals surface area contributed by atoms with Crippen molar-refractivity contribution < 1.29 is 19.4 Å². The maximum atomic E-state index is 12.4. The summed E-state index contributed by atoms with van der Waals surface area (Å²) in [4.78, 5) is 27.4. The van der Waals surface area contributed by atoms with E-state index in [0.717, 1.165) is 6.42 Å². The molecule has 0 spiro atoms. The van der Waals surface area contributed by atoms with Crippen molar-refractivity contribution in [1.29, 1.82) is 0 Å². The molecule has 0 bridgehead atoms. The molecule has 1 aromatic rings. The van der Waals surface area contributed by atoms with E-state index < -0.39 is 5.97 Å². The minimum Gasteiger partial charge on any atom is -0.496 e. The predicted molar refractivity (Wildman–Crippen MR) is 75.5 cm³/mol. The molecule has 0 radical (unpaired) electrons. The van der Waals surface area contributed by atoms with Crippen LogP contribution < -0.4 is 4.74 Å². The molecule has 20 heavy (non-hydrogen) atoms. The molecule has 110 valence electrons. The van der Waals surface area contributed by atoms with E-state index in [0.29, 0.717) is 36.8 Å². The van der Waals surface area contributed by atoms with E-state index >= 15 is 0 Å². The number of carboxylic acids is 1. The molecule has 1 N–H and O–H groups in total. The molecule has 2 heterocycles. The minimum atomic E-state index is -0.826. The summed E-state index contributed by atoms with van der Waals surface area (Å²) in [6.07, 6.45) is 0.793. The Morgan fingerprint density at radius 2 is 2.15 bits per heavy atom. The average molecular weight is 298 g/mol. The fourth-order valence-corrected chi connectivity index (χ4v) is 3.04. The molecule has 6 nitrogen and oxygen atoms in total. The van der Waals surface area contributed by atoms with Crippen LogP contribution >= 0.6 is 11.3 Å². The number of carboxylic acid groups (broad SMARTS) is 1. The lowest BCUT2D eigenvalue weighted by Crippen LogP contribution is -2.36. The standard InChI is InChI=1S/C13H18N2O4S/c1-19-10-7-11(20-9-10)13(18)15-4-2-3-14(5-6-15)8-12(16)17/h7,9H,2-6,8H2,1H3,(H,16,17). The Labute approximate surface area is 121 Å². The molecule has 2 rings (SSSR count). The summed E-state index contributed by atoms with van der Waals surface area (Å²) in [6, 6.07) is 1.74. The van der Waals surface area contributed by atoms with Gasteiger partial charge in [-0.15, -0.1) is 11.3 Å². The van der Waals surface area contributed by atoms with Gasteiger partial charge in [-0.2, -0.15) is 0 Å². The highest BCUT2D eigenvalue weighted by atomic mass is 32.1. The highest BCUT2D eigenvalue weighted by Crippen LogP contribution is 2.23. The van der Waals surface area contributed by atoms with Gasteiger partial charge in [0.25, 0.3) is 5.91 Å². The molecule has 1 aromatic heterocycles. The highest BCUT2D eigenvalue weighted by Gasteiger charge is 2.22. The second-order valence-electron chi connectivity index (χ2n) is 4.67. The van der Waals surface area contributed by atoms with Crippen LogP contribution in [0.4, 0.5) is 0 Å². The van der Waals surface area contributed by atoms with Crippen molar-refractivity contribution in [2.24, 2.45) is 0 Å². The van der Waals surface area contributed by atoms with Crippen LogP contribution in [0.5, 0.6) is 5.75 Å². The van der Waals surface area contributed by atoms with E-state index in [2.05, 4.69) is 0 Å². The van der Waals surface area contributed by atoms with E-state index in [9.17, 15) is 9.59 Å². The SMILES string of the molecule is COc1csc(C(=O)N2CCCN(CC(=O)O)CC2)c1. The first-order valence-corrected chi connectivity index (χ1v) is 7.34. The maximum absolute atomic E-state index is 12.4. The number of ether oxygens (including phenoxy) is 1. The van der Waals surface area contributed by atoms with Gasteiger partial charge in [0.05, 0.1) is 18.5 Å². The number of methoxy groups -OCH3 is 1. The topological polar surface area (TPSA) is 70.1 Å². The van der Waals surface area contributed by atoms with E-state index in [1.807, 2.05) is 10.3 Å². The third-order valence-electron chi connectivity index (χ3n) is 3.26. The van der Waals surface area contributed by atoms with Gasteiger partial charge in [-0.25, -0.2) is 0 Å². The molecule has 1 amide bonds. The molecular formula is C13H18N2O4S. The van der Waals surface area contributed by atoms with E-state index in [1.165, 1.54) is 11.3 Å². The van der Waals surface area contributed by atoms with Crippen molar-refractivity contribution >= 4 is 23.2 Å². The first kappa shape index (κ1) is 14.8. The van der Waals surface area contributed by atoms with Gasteiger partial charge >= 0.3 is 5.97 Å². The Morgan fingerprint density at radius 1 is 1.35 bits per heavy atom. The summed E-state index contributed by atoms with van der Waals surface area (Å²) in [6.45, 7) is 2.57. The van der Waals surface area contributed by atoms with Gasteiger partial charge in [-0.05, 0) is 6.42 Å². The zero-order valence-electron chi connectivity index (χ0n) is 11.4. The van der Waals surface area contributed by atoms with Crippen LogP contribution in [0.3, 0.4) is 0 Å². The number of carbonyl (C=O) groups excluding carboxylic acids is 1. The molecule has 1 aliphatic heterocycles. The molecule has 1 fully saturated rings. The lowest BCUT2D eigenvalue weighted by molar-refractivity contribution is -0.138. The smallest absolute Gasteiger partial charge is 0.317 e. The number of rotatable bonds is 4. The van der Waals surface area contributed by atoms with Gasteiger partial charge in [0.15, 0.2) is 0 Å². The van der Waals surface area contributed by atoms with Crippen molar-refractivity contribution in [2.75, 3.05) is 39.8 Å². The van der Waals surface area contributed by atoms with Crippen molar-refractivity contribution in [3.8, 4) is 5.75 Å². The second kappa shape index (κ2) is 6.71. The molecule has 7 heteroatoms. The lowest BCUT2D eigenvalue weighted by Gasteiger charge is -2.20. The molecule has 1 saturated heterocycles. The fourth-order valence-electron chi connectivity index (χ4n) is 2.22. The summed E-state index contributed by atoms with van der Waals surface area (Å²) < 4.78 is 5.08. The first-order chi connectivity index (χ1) is 9.60. The van der Waals surface area contributed by atoms with Crippen LogP contribution in [0.25, 0.3) is 0 Å². The fraction of sp³-hybridized carbons (Fsp3) is 0.538. The van der Waals surface area contributed by atoms with Crippen LogP contribution in [-0.4, -0.2) is 66.6 Å². The minimum absolute atomic E-state index is 0.00419. The maximum Gasteiger partial charge on any atom is 0.317 e. The van der Waals surface area contributed by atoms with Gasteiger partial charge in [0.2, 0.25) is 0 Å². The van der Waals surface area contributed by atoms with Crippen molar-refractivity contribution in [2.45, 2.75) is 6.42 Å². The monoisotopic (exact) mass is 298 g/mol. The summed E-state index contributed by atoms with van der Waals surface area (Å²) in [5.74, 6) is -0.135. The van der Waals surface area contributed by atoms with Gasteiger partial charge in [-0.1, -0.05) is 0 Å². The molecule has 0 aliphatic carbocycles. The van der Waals surface area contributed by atoms with E-state index in [1.54, 1.807) is 18.1 Å². The van der Waals surface area contributed by atoms with E-state index in [-0.39, 0.29) is 12.5 Å². The molecular weight excluding hydrogens is 280 g/mol. The zero-order chi connectivity index (χ0) is 14.5. The molecule has 0 saturated carbocycles. The van der Waals surface area contributed by atoms with E-state index in [4.69, 9.17) is 9.84 Å². The van der Waals surface area contributed by atoms with Crippen LogP contribution in [-0.2, 0) is 4.79 Å². The number of amides is 1. The second-order valence-corrected chi connectivity index (χ2v) is 5.58. The molecule has 0 atom stereocenters. The van der Waals surface area contributed by atoms with Crippen LogP contribution in [0.2, 0.25) is 0 Å². The van der Waals surface area contributed by atoms with Gasteiger partial charge in [-0.3, -0.25) is 14.5 Å². The molecule has 1 aliphatic rings. The van der Waals surface area contributed by atoms with Gasteiger partial charge in [0.1, 0.15) is 5.75 Å². The lowest BCUT2D eigenvalue weighted by atomic mass is 10.3. The Morgan fingerprint density at radius 3 is 2.80 bits per heavy atom. The predicted octanol–water partition coefficient (Wildman–Crippen LogP) is 0.989. The first-order valence-electron chi connectivity index (χ1n) is 6.46. The number of thiophene rings is 1. The van der Waals surface area contributed by atoms with Crippen LogP contribution in [0.1, 0.15) is 16.1 Å². The third-order valence-corrected chi connectivity index (χ3v) is 4.15. The van der Waals surface area contributed by atoms with Gasteiger partial charge in [0, 0.05) is 37.6 Å². The van der Waals surface area contributed by atoms with Crippen LogP contribution in [0.15, 0.2) is 11.4 Å². The summed E-state index contributed by atoms with van der Waals surface area (Å²) >= 11 is 1.37. The Balaban J connectivity index is 1.95. The largest absolute Gasteiger partial charge is 0.496 e.